The smallest absolute Gasteiger partial charge is 0.322 e. The molecule has 0 spiro atoms. The van der Waals surface area contributed by atoms with E-state index >= 15 is 0 Å². The van der Waals surface area contributed by atoms with Crippen LogP contribution in [0.5, 0.6) is 0 Å². The van der Waals surface area contributed by atoms with Gasteiger partial charge in [0.05, 0.1) is 16.4 Å². The van der Waals surface area contributed by atoms with Crippen molar-refractivity contribution in [2.75, 3.05) is 11.9 Å². The van der Waals surface area contributed by atoms with Gasteiger partial charge in [-0.15, -0.1) is 16.4 Å². The molecule has 6 nitrogen and oxygen atoms in total. The zero-order chi connectivity index (χ0) is 14.5. The topological polar surface area (TPSA) is 88.2 Å². The van der Waals surface area contributed by atoms with Gasteiger partial charge in [0, 0.05) is 13.3 Å². The maximum absolute atomic E-state index is 12.0. The quantitative estimate of drug-likeness (QED) is 0.841. The lowest BCUT2D eigenvalue weighted by molar-refractivity contribution is 0.102. The molecule has 20 heavy (non-hydrogen) atoms. The zero-order valence-electron chi connectivity index (χ0n) is 11.1. The van der Waals surface area contributed by atoms with Crippen molar-refractivity contribution in [1.82, 2.24) is 10.2 Å². The maximum Gasteiger partial charge on any atom is 0.322 e. The van der Waals surface area contributed by atoms with Gasteiger partial charge in [-0.25, -0.2) is 0 Å². The minimum absolute atomic E-state index is 0.0290. The number of aliphatic hydroxyl groups is 1. The highest BCUT2D eigenvalue weighted by Gasteiger charge is 2.14. The molecule has 104 valence electrons. The van der Waals surface area contributed by atoms with Crippen LogP contribution >= 0.6 is 11.3 Å². The predicted octanol–water partition coefficient (Wildman–Crippen LogP) is 1.73. The molecule has 0 saturated carbocycles. The van der Waals surface area contributed by atoms with Crippen LogP contribution in [-0.2, 0) is 0 Å². The first-order valence-corrected chi connectivity index (χ1v) is 6.73. The van der Waals surface area contributed by atoms with E-state index in [-0.39, 0.29) is 18.5 Å². The number of aryl methyl sites for hydroxylation is 2. The van der Waals surface area contributed by atoms with Crippen molar-refractivity contribution in [3.05, 3.63) is 27.3 Å². The number of thiophene rings is 1. The molecule has 0 aromatic carbocycles. The molecule has 0 atom stereocenters. The fourth-order valence-corrected chi connectivity index (χ4v) is 2.37. The van der Waals surface area contributed by atoms with Crippen LogP contribution in [0.3, 0.4) is 0 Å². The molecule has 0 saturated heterocycles. The van der Waals surface area contributed by atoms with Crippen LogP contribution in [0, 0.1) is 25.7 Å². The van der Waals surface area contributed by atoms with Crippen LogP contribution in [0.2, 0.25) is 0 Å². The summed E-state index contributed by atoms with van der Waals surface area (Å²) in [7, 11) is 0. The van der Waals surface area contributed by atoms with Gasteiger partial charge in [-0.3, -0.25) is 10.1 Å². The Balaban J connectivity index is 2.11. The fraction of sp³-hybridized carbons (Fsp3) is 0.308. The predicted molar refractivity (Wildman–Crippen MR) is 74.6 cm³/mol. The number of aliphatic hydroxyl groups excluding tert-OH is 1. The van der Waals surface area contributed by atoms with Gasteiger partial charge < -0.3 is 9.52 Å². The Morgan fingerprint density at radius 2 is 2.30 bits per heavy atom. The Morgan fingerprint density at radius 3 is 2.95 bits per heavy atom. The van der Waals surface area contributed by atoms with Crippen molar-refractivity contribution < 1.29 is 14.3 Å². The molecule has 0 aliphatic heterocycles. The molecule has 2 rings (SSSR count). The molecule has 2 heterocycles. The SMILES string of the molecule is Cc1nnc(NC(=O)c2cc(C)c(C#CCCO)s2)o1. The average Bonchev–Trinajstić information content (AvgIpc) is 2.97. The van der Waals surface area contributed by atoms with Crippen LogP contribution in [0.25, 0.3) is 0 Å². The minimum atomic E-state index is -0.308. The number of rotatable bonds is 3. The average molecular weight is 291 g/mol. The van der Waals surface area contributed by atoms with E-state index in [4.69, 9.17) is 9.52 Å². The summed E-state index contributed by atoms with van der Waals surface area (Å²) in [5.74, 6) is 5.85. The van der Waals surface area contributed by atoms with Crippen molar-refractivity contribution in [3.63, 3.8) is 0 Å². The first-order valence-electron chi connectivity index (χ1n) is 5.91. The molecule has 0 bridgehead atoms. The Hall–Kier alpha value is -2.17. The second kappa shape index (κ2) is 6.32. The monoisotopic (exact) mass is 291 g/mol. The van der Waals surface area contributed by atoms with E-state index in [9.17, 15) is 4.79 Å². The summed E-state index contributed by atoms with van der Waals surface area (Å²) in [4.78, 5) is 13.3. The fourth-order valence-electron chi connectivity index (χ4n) is 1.42. The summed E-state index contributed by atoms with van der Waals surface area (Å²) in [6, 6.07) is 1.83. The third kappa shape index (κ3) is 3.44. The molecule has 2 aromatic rings. The molecular weight excluding hydrogens is 278 g/mol. The lowest BCUT2D eigenvalue weighted by atomic mass is 10.2. The van der Waals surface area contributed by atoms with Crippen molar-refractivity contribution in [2.24, 2.45) is 0 Å². The van der Waals surface area contributed by atoms with E-state index in [2.05, 4.69) is 27.4 Å². The summed E-state index contributed by atoms with van der Waals surface area (Å²) in [5, 5.41) is 18.5. The maximum atomic E-state index is 12.0. The summed E-state index contributed by atoms with van der Waals surface area (Å²) in [6.07, 6.45) is 0.417. The van der Waals surface area contributed by atoms with E-state index < -0.39 is 0 Å². The van der Waals surface area contributed by atoms with Gasteiger partial charge in [0.15, 0.2) is 0 Å². The van der Waals surface area contributed by atoms with E-state index in [1.807, 2.05) is 6.92 Å². The standard InChI is InChI=1S/C13H13N3O3S/c1-8-7-11(20-10(8)5-3-4-6-17)12(18)14-13-16-15-9(2)19-13/h7,17H,4,6H2,1-2H3,(H,14,16,18). The third-order valence-electron chi connectivity index (χ3n) is 2.33. The Morgan fingerprint density at radius 1 is 1.50 bits per heavy atom. The third-order valence-corrected chi connectivity index (χ3v) is 3.48. The van der Waals surface area contributed by atoms with Gasteiger partial charge in [-0.2, -0.15) is 0 Å². The highest BCUT2D eigenvalue weighted by atomic mass is 32.1. The van der Waals surface area contributed by atoms with Crippen LogP contribution in [0.4, 0.5) is 6.01 Å². The second-order valence-corrected chi connectivity index (χ2v) is 5.03. The van der Waals surface area contributed by atoms with Gasteiger partial charge in [-0.1, -0.05) is 16.9 Å². The molecule has 2 aromatic heterocycles. The molecule has 0 radical (unpaired) electrons. The lowest BCUT2D eigenvalue weighted by Gasteiger charge is -1.95. The molecular formula is C13H13N3O3S. The van der Waals surface area contributed by atoms with E-state index in [0.717, 1.165) is 10.4 Å². The molecule has 0 fully saturated rings. The Kier molecular flexibility index (Phi) is 4.50. The summed E-state index contributed by atoms with van der Waals surface area (Å²) in [5.41, 5.74) is 0.923. The number of hydrogen-bond donors (Lipinski definition) is 2. The molecule has 2 N–H and O–H groups in total. The second-order valence-electron chi connectivity index (χ2n) is 3.98. The van der Waals surface area contributed by atoms with Gasteiger partial charge in [0.25, 0.3) is 5.91 Å². The molecule has 7 heteroatoms. The van der Waals surface area contributed by atoms with Crippen molar-refractivity contribution in [2.45, 2.75) is 20.3 Å². The molecule has 0 aliphatic carbocycles. The number of aromatic nitrogens is 2. The van der Waals surface area contributed by atoms with E-state index in [1.165, 1.54) is 11.3 Å². The lowest BCUT2D eigenvalue weighted by Crippen LogP contribution is -2.10. The number of hydrogen-bond acceptors (Lipinski definition) is 6. The Labute approximate surface area is 119 Å². The van der Waals surface area contributed by atoms with Gasteiger partial charge in [0.1, 0.15) is 0 Å². The number of amides is 1. The van der Waals surface area contributed by atoms with Crippen LogP contribution in [0.15, 0.2) is 10.5 Å². The number of carbonyl (C=O) groups is 1. The normalized spacial score (nSPS) is 9.95. The van der Waals surface area contributed by atoms with Crippen molar-refractivity contribution in [3.8, 4) is 11.8 Å². The Bertz CT molecular complexity index is 679. The largest absolute Gasteiger partial charge is 0.408 e. The van der Waals surface area contributed by atoms with Gasteiger partial charge in [-0.05, 0) is 18.6 Å². The highest BCUT2D eigenvalue weighted by Crippen LogP contribution is 2.22. The van der Waals surface area contributed by atoms with Gasteiger partial charge in [0.2, 0.25) is 5.89 Å². The molecule has 0 aliphatic rings. The first kappa shape index (κ1) is 14.2. The number of carbonyl (C=O) groups excluding carboxylic acids is 1. The molecule has 0 unspecified atom stereocenters. The van der Waals surface area contributed by atoms with Crippen molar-refractivity contribution >= 4 is 23.3 Å². The minimum Gasteiger partial charge on any atom is -0.408 e. The summed E-state index contributed by atoms with van der Waals surface area (Å²) < 4.78 is 5.09. The molecule has 1 amide bonds. The van der Waals surface area contributed by atoms with E-state index in [1.54, 1.807) is 13.0 Å². The summed E-state index contributed by atoms with van der Waals surface area (Å²) in [6.45, 7) is 3.56. The first-order chi connectivity index (χ1) is 9.60. The van der Waals surface area contributed by atoms with Crippen LogP contribution in [0.1, 0.15) is 32.4 Å². The number of nitrogens with zero attached hydrogens (tertiary/aromatic N) is 2. The van der Waals surface area contributed by atoms with Crippen LogP contribution < -0.4 is 5.32 Å². The zero-order valence-corrected chi connectivity index (χ0v) is 11.9. The number of nitrogens with one attached hydrogen (secondary N) is 1. The number of anilines is 1. The van der Waals surface area contributed by atoms with Crippen molar-refractivity contribution in [1.29, 1.82) is 0 Å². The van der Waals surface area contributed by atoms with E-state index in [0.29, 0.717) is 17.2 Å². The van der Waals surface area contributed by atoms with Gasteiger partial charge >= 0.3 is 6.01 Å². The summed E-state index contributed by atoms with van der Waals surface area (Å²) >= 11 is 1.29. The highest BCUT2D eigenvalue weighted by molar-refractivity contribution is 7.14. The van der Waals surface area contributed by atoms with Crippen LogP contribution in [-0.4, -0.2) is 27.8 Å².